The van der Waals surface area contributed by atoms with E-state index in [1.807, 2.05) is 0 Å². The zero-order valence-electron chi connectivity index (χ0n) is 12.1. The van der Waals surface area contributed by atoms with E-state index in [4.69, 9.17) is 0 Å². The number of hydrogen-bond donors (Lipinski definition) is 2. The lowest BCUT2D eigenvalue weighted by Gasteiger charge is -2.34. The number of aliphatic hydroxyl groups excluding tert-OH is 1. The molecule has 0 spiro atoms. The number of β-amino-alcohol motifs (C(OH)–C–C–N with tert-alkyl or cyclic N) is 1. The minimum Gasteiger partial charge on any atom is -0.391 e. The van der Waals surface area contributed by atoms with Gasteiger partial charge in [-0.1, -0.05) is 19.3 Å². The summed E-state index contributed by atoms with van der Waals surface area (Å²) in [6.45, 7) is 0.659. The Hall–Kier alpha value is -1.69. The summed E-state index contributed by atoms with van der Waals surface area (Å²) < 4.78 is 0. The summed E-state index contributed by atoms with van der Waals surface area (Å²) in [7, 11) is 0. The van der Waals surface area contributed by atoms with Crippen LogP contribution in [0, 0.1) is 5.92 Å². The van der Waals surface area contributed by atoms with Gasteiger partial charge in [-0.15, -0.1) is 0 Å². The fourth-order valence-corrected chi connectivity index (χ4v) is 4.02. The van der Waals surface area contributed by atoms with E-state index in [1.54, 1.807) is 12.7 Å². The number of aliphatic hydroxyl groups is 1. The molecule has 4 rings (SSSR count). The molecule has 0 unspecified atom stereocenters. The highest BCUT2D eigenvalue weighted by atomic mass is 16.3. The Labute approximate surface area is 123 Å². The molecule has 2 fully saturated rings. The van der Waals surface area contributed by atoms with Gasteiger partial charge in [0.2, 0.25) is 0 Å². The lowest BCUT2D eigenvalue weighted by molar-refractivity contribution is 0.185. The molecule has 112 valence electrons. The summed E-state index contributed by atoms with van der Waals surface area (Å²) >= 11 is 0. The van der Waals surface area contributed by atoms with Gasteiger partial charge >= 0.3 is 0 Å². The summed E-state index contributed by atoms with van der Waals surface area (Å²) in [5.74, 6) is 1.56. The molecule has 0 amide bonds. The quantitative estimate of drug-likeness (QED) is 0.881. The minimum absolute atomic E-state index is 0.259. The third-order valence-corrected chi connectivity index (χ3v) is 4.99. The highest BCUT2D eigenvalue weighted by molar-refractivity contribution is 5.83. The normalized spacial score (nSPS) is 27.6. The number of hydrogen-bond acceptors (Lipinski definition) is 5. The van der Waals surface area contributed by atoms with Gasteiger partial charge in [-0.3, -0.25) is 0 Å². The van der Waals surface area contributed by atoms with Crippen LogP contribution in [0.3, 0.4) is 0 Å². The third kappa shape index (κ3) is 2.27. The van der Waals surface area contributed by atoms with Crippen LogP contribution in [0.15, 0.2) is 12.7 Å². The number of nitrogens with zero attached hydrogens (tertiary/aromatic N) is 4. The van der Waals surface area contributed by atoms with Crippen LogP contribution in [0.5, 0.6) is 0 Å². The van der Waals surface area contributed by atoms with Gasteiger partial charge in [-0.25, -0.2) is 15.0 Å². The first kappa shape index (κ1) is 13.0. The molecule has 2 aromatic rings. The monoisotopic (exact) mass is 287 g/mol. The van der Waals surface area contributed by atoms with Gasteiger partial charge in [0.1, 0.15) is 11.8 Å². The number of aromatic amines is 1. The number of rotatable bonds is 2. The van der Waals surface area contributed by atoms with Gasteiger partial charge in [-0.05, 0) is 25.2 Å². The van der Waals surface area contributed by atoms with Crippen molar-refractivity contribution in [2.75, 3.05) is 11.4 Å². The summed E-state index contributed by atoms with van der Waals surface area (Å²) in [5.41, 5.74) is 1.58. The first-order chi connectivity index (χ1) is 10.3. The number of anilines is 1. The van der Waals surface area contributed by atoms with Gasteiger partial charge < -0.3 is 15.0 Å². The van der Waals surface area contributed by atoms with Crippen LogP contribution < -0.4 is 4.90 Å². The van der Waals surface area contributed by atoms with Crippen molar-refractivity contribution >= 4 is 17.0 Å². The Bertz CT molecular complexity index is 621. The molecule has 0 bridgehead atoms. The first-order valence-corrected chi connectivity index (χ1v) is 7.91. The summed E-state index contributed by atoms with van der Waals surface area (Å²) in [6.07, 6.45) is 10.3. The second-order valence-electron chi connectivity index (χ2n) is 6.31. The Balaban J connectivity index is 1.69. The molecule has 21 heavy (non-hydrogen) atoms. The second kappa shape index (κ2) is 5.26. The average molecular weight is 287 g/mol. The molecular weight excluding hydrogens is 266 g/mol. The number of aromatic nitrogens is 4. The van der Waals surface area contributed by atoms with Crippen molar-refractivity contribution in [1.29, 1.82) is 0 Å². The van der Waals surface area contributed by atoms with E-state index < -0.39 is 0 Å². The van der Waals surface area contributed by atoms with Crippen LogP contribution in [0.1, 0.15) is 38.5 Å². The standard InChI is InChI=1S/C15H21N5O/c21-11-6-12(10-4-2-1-3-5-10)20(7-11)15-13-14(17-8-16-13)18-9-19-15/h8-12,21H,1-7H2,(H,16,17,18,19)/t11-,12-/m0/s1. The molecule has 2 N–H and O–H groups in total. The van der Waals surface area contributed by atoms with Crippen molar-refractivity contribution in [1.82, 2.24) is 19.9 Å². The van der Waals surface area contributed by atoms with Crippen LogP contribution in [0.25, 0.3) is 11.2 Å². The summed E-state index contributed by atoms with van der Waals surface area (Å²) in [4.78, 5) is 18.3. The van der Waals surface area contributed by atoms with E-state index in [0.717, 1.165) is 17.8 Å². The van der Waals surface area contributed by atoms with Crippen LogP contribution in [0.4, 0.5) is 5.82 Å². The maximum Gasteiger partial charge on any atom is 0.182 e. The van der Waals surface area contributed by atoms with E-state index in [9.17, 15) is 5.11 Å². The fourth-order valence-electron chi connectivity index (χ4n) is 4.02. The van der Waals surface area contributed by atoms with Gasteiger partial charge in [0.05, 0.1) is 12.4 Å². The van der Waals surface area contributed by atoms with Crippen LogP contribution in [-0.2, 0) is 0 Å². The molecule has 0 radical (unpaired) electrons. The minimum atomic E-state index is -0.259. The van der Waals surface area contributed by atoms with Crippen molar-refractivity contribution in [3.8, 4) is 0 Å². The Morgan fingerprint density at radius 1 is 1.14 bits per heavy atom. The molecule has 3 heterocycles. The number of fused-ring (bicyclic) bond motifs is 1. The van der Waals surface area contributed by atoms with Gasteiger partial charge in [-0.2, -0.15) is 0 Å². The number of nitrogens with one attached hydrogen (secondary N) is 1. The second-order valence-corrected chi connectivity index (χ2v) is 6.31. The first-order valence-electron chi connectivity index (χ1n) is 7.91. The van der Waals surface area contributed by atoms with Crippen molar-refractivity contribution in [3.63, 3.8) is 0 Å². The molecule has 1 aliphatic heterocycles. The van der Waals surface area contributed by atoms with E-state index in [2.05, 4.69) is 24.8 Å². The van der Waals surface area contributed by atoms with Crippen LogP contribution in [-0.4, -0.2) is 43.7 Å². The molecule has 1 saturated heterocycles. The van der Waals surface area contributed by atoms with E-state index >= 15 is 0 Å². The summed E-state index contributed by atoms with van der Waals surface area (Å²) in [6, 6.07) is 0.390. The Morgan fingerprint density at radius 2 is 2.00 bits per heavy atom. The highest BCUT2D eigenvalue weighted by Gasteiger charge is 2.38. The van der Waals surface area contributed by atoms with Crippen LogP contribution >= 0.6 is 0 Å². The van der Waals surface area contributed by atoms with Gasteiger partial charge in [0.15, 0.2) is 11.5 Å². The van der Waals surface area contributed by atoms with Crippen molar-refractivity contribution in [3.05, 3.63) is 12.7 Å². The predicted molar refractivity (Wildman–Crippen MR) is 80.0 cm³/mol. The molecule has 1 aliphatic carbocycles. The molecule has 1 saturated carbocycles. The average Bonchev–Trinajstić information content (AvgIpc) is 3.14. The topological polar surface area (TPSA) is 77.9 Å². The molecule has 2 aromatic heterocycles. The molecule has 6 heteroatoms. The zero-order chi connectivity index (χ0) is 14.2. The van der Waals surface area contributed by atoms with Crippen molar-refractivity contribution in [2.45, 2.75) is 50.7 Å². The van der Waals surface area contributed by atoms with E-state index in [0.29, 0.717) is 24.2 Å². The maximum atomic E-state index is 10.2. The van der Waals surface area contributed by atoms with E-state index in [1.165, 1.54) is 32.1 Å². The fraction of sp³-hybridized carbons (Fsp3) is 0.667. The molecule has 6 nitrogen and oxygen atoms in total. The number of imidazole rings is 1. The SMILES string of the molecule is O[C@H]1C[C@@H](C2CCCCC2)N(c2ncnc3nc[nH]c23)C1. The number of H-pyrrole nitrogens is 1. The lowest BCUT2D eigenvalue weighted by atomic mass is 9.83. The Kier molecular flexibility index (Phi) is 3.25. The highest BCUT2D eigenvalue weighted by Crippen LogP contribution is 2.37. The smallest absolute Gasteiger partial charge is 0.182 e. The van der Waals surface area contributed by atoms with Crippen molar-refractivity contribution < 1.29 is 5.11 Å². The summed E-state index contributed by atoms with van der Waals surface area (Å²) in [5, 5.41) is 10.2. The Morgan fingerprint density at radius 3 is 2.86 bits per heavy atom. The van der Waals surface area contributed by atoms with Crippen LogP contribution in [0.2, 0.25) is 0 Å². The zero-order valence-corrected chi connectivity index (χ0v) is 12.1. The van der Waals surface area contributed by atoms with Gasteiger partial charge in [0, 0.05) is 12.6 Å². The van der Waals surface area contributed by atoms with E-state index in [-0.39, 0.29) is 6.10 Å². The van der Waals surface area contributed by atoms with Crippen molar-refractivity contribution in [2.24, 2.45) is 5.92 Å². The largest absolute Gasteiger partial charge is 0.391 e. The lowest BCUT2D eigenvalue weighted by Crippen LogP contribution is -2.37. The molecule has 2 aliphatic rings. The molecule has 0 aromatic carbocycles. The molecular formula is C15H21N5O. The molecule has 2 atom stereocenters. The van der Waals surface area contributed by atoms with Gasteiger partial charge in [0.25, 0.3) is 0 Å². The predicted octanol–water partition coefficient (Wildman–Crippen LogP) is 1.87. The maximum absolute atomic E-state index is 10.2. The third-order valence-electron chi connectivity index (χ3n) is 4.99.